The Kier molecular flexibility index (Phi) is 2.78. The van der Waals surface area contributed by atoms with Crippen molar-refractivity contribution in [1.29, 1.82) is 0 Å². The SMILES string of the molecule is CC1CN(C(=O)c2ccncc2O)CC1N. The van der Waals surface area contributed by atoms with Crippen LogP contribution in [0.1, 0.15) is 17.3 Å². The molecule has 0 radical (unpaired) electrons. The van der Waals surface area contributed by atoms with Crippen LogP contribution in [0.15, 0.2) is 18.5 Å². The third kappa shape index (κ3) is 1.86. The van der Waals surface area contributed by atoms with Crippen LogP contribution >= 0.6 is 0 Å². The van der Waals surface area contributed by atoms with Crippen LogP contribution < -0.4 is 5.73 Å². The summed E-state index contributed by atoms with van der Waals surface area (Å²) in [5.74, 6) is 0.0354. The van der Waals surface area contributed by atoms with Crippen LogP contribution in [0.25, 0.3) is 0 Å². The Hall–Kier alpha value is -1.62. The van der Waals surface area contributed by atoms with Gasteiger partial charge < -0.3 is 15.7 Å². The van der Waals surface area contributed by atoms with Crippen LogP contribution in [0, 0.1) is 5.92 Å². The second-order valence-electron chi connectivity index (χ2n) is 4.24. The van der Waals surface area contributed by atoms with Crippen molar-refractivity contribution < 1.29 is 9.90 Å². The van der Waals surface area contributed by atoms with E-state index >= 15 is 0 Å². The summed E-state index contributed by atoms with van der Waals surface area (Å²) < 4.78 is 0. The van der Waals surface area contributed by atoms with Gasteiger partial charge in [-0.3, -0.25) is 9.78 Å². The van der Waals surface area contributed by atoms with Crippen LogP contribution in [0.4, 0.5) is 0 Å². The molecule has 0 bridgehead atoms. The number of pyridine rings is 1. The van der Waals surface area contributed by atoms with Gasteiger partial charge in [-0.25, -0.2) is 0 Å². The first-order valence-electron chi connectivity index (χ1n) is 5.27. The summed E-state index contributed by atoms with van der Waals surface area (Å²) in [5.41, 5.74) is 6.14. The molecule has 86 valence electrons. The van der Waals surface area contributed by atoms with Crippen LogP contribution in [-0.4, -0.2) is 40.0 Å². The molecule has 3 N–H and O–H groups in total. The number of nitrogens with two attached hydrogens (primary N) is 1. The van der Waals surface area contributed by atoms with Crippen molar-refractivity contribution in [3.8, 4) is 5.75 Å². The average molecular weight is 221 g/mol. The summed E-state index contributed by atoms with van der Waals surface area (Å²) in [4.78, 5) is 17.5. The molecule has 1 aromatic rings. The first kappa shape index (κ1) is 10.9. The zero-order valence-corrected chi connectivity index (χ0v) is 9.13. The molecular formula is C11H15N3O2. The number of aromatic nitrogens is 1. The highest BCUT2D eigenvalue weighted by Gasteiger charge is 2.31. The fourth-order valence-electron chi connectivity index (χ4n) is 1.90. The van der Waals surface area contributed by atoms with E-state index in [0.717, 1.165) is 0 Å². The molecule has 1 aromatic heterocycles. The van der Waals surface area contributed by atoms with Crippen molar-refractivity contribution in [2.24, 2.45) is 11.7 Å². The molecule has 1 amide bonds. The van der Waals surface area contributed by atoms with Crippen LogP contribution in [0.2, 0.25) is 0 Å². The Balaban J connectivity index is 2.18. The van der Waals surface area contributed by atoms with Crippen molar-refractivity contribution >= 4 is 5.91 Å². The van der Waals surface area contributed by atoms with Crippen molar-refractivity contribution in [3.63, 3.8) is 0 Å². The maximum atomic E-state index is 12.0. The molecule has 2 rings (SSSR count). The molecule has 1 saturated heterocycles. The Morgan fingerprint density at radius 2 is 2.38 bits per heavy atom. The number of hydrogen-bond acceptors (Lipinski definition) is 4. The van der Waals surface area contributed by atoms with Gasteiger partial charge in [-0.05, 0) is 12.0 Å². The van der Waals surface area contributed by atoms with Gasteiger partial charge in [0.1, 0.15) is 5.75 Å². The lowest BCUT2D eigenvalue weighted by atomic mass is 10.1. The molecule has 2 unspecified atom stereocenters. The zero-order valence-electron chi connectivity index (χ0n) is 9.13. The molecule has 5 nitrogen and oxygen atoms in total. The van der Waals surface area contributed by atoms with E-state index in [2.05, 4.69) is 4.98 Å². The molecule has 0 spiro atoms. The summed E-state index contributed by atoms with van der Waals surface area (Å²) in [7, 11) is 0. The third-order valence-electron chi connectivity index (χ3n) is 2.99. The molecule has 5 heteroatoms. The van der Waals surface area contributed by atoms with Gasteiger partial charge in [0.05, 0.1) is 11.8 Å². The summed E-state index contributed by atoms with van der Waals surface area (Å²) in [5, 5.41) is 9.53. The van der Waals surface area contributed by atoms with Crippen LogP contribution in [0.5, 0.6) is 5.75 Å². The smallest absolute Gasteiger partial charge is 0.257 e. The molecule has 0 saturated carbocycles. The molecule has 16 heavy (non-hydrogen) atoms. The minimum absolute atomic E-state index is 0.0212. The number of hydrogen-bond donors (Lipinski definition) is 2. The standard InChI is InChI=1S/C11H15N3O2/c1-7-5-14(6-9(7)12)11(16)8-2-3-13-4-10(8)15/h2-4,7,9,15H,5-6,12H2,1H3. The fourth-order valence-corrected chi connectivity index (χ4v) is 1.90. The van der Waals surface area contributed by atoms with E-state index in [-0.39, 0.29) is 23.3 Å². The highest BCUT2D eigenvalue weighted by molar-refractivity contribution is 5.96. The number of likely N-dealkylation sites (tertiary alicyclic amines) is 1. The Morgan fingerprint density at radius 3 is 2.94 bits per heavy atom. The summed E-state index contributed by atoms with van der Waals surface area (Å²) >= 11 is 0. The topological polar surface area (TPSA) is 79.5 Å². The minimum Gasteiger partial charge on any atom is -0.505 e. The second-order valence-corrected chi connectivity index (χ2v) is 4.24. The maximum Gasteiger partial charge on any atom is 0.257 e. The van der Waals surface area contributed by atoms with Gasteiger partial charge in [-0.15, -0.1) is 0 Å². The van der Waals surface area contributed by atoms with Crippen molar-refractivity contribution in [3.05, 3.63) is 24.0 Å². The number of carbonyl (C=O) groups excluding carboxylic acids is 1. The van der Waals surface area contributed by atoms with Gasteiger partial charge in [-0.1, -0.05) is 6.92 Å². The van der Waals surface area contributed by atoms with Gasteiger partial charge in [0, 0.05) is 25.3 Å². The van der Waals surface area contributed by atoms with Crippen molar-refractivity contribution in [2.45, 2.75) is 13.0 Å². The normalized spacial score (nSPS) is 24.8. The molecule has 2 heterocycles. The molecule has 1 fully saturated rings. The zero-order chi connectivity index (χ0) is 11.7. The van der Waals surface area contributed by atoms with Gasteiger partial charge in [0.15, 0.2) is 0 Å². The summed E-state index contributed by atoms with van der Waals surface area (Å²) in [6.45, 7) is 3.20. The highest BCUT2D eigenvalue weighted by Crippen LogP contribution is 2.21. The number of nitrogens with zero attached hydrogens (tertiary/aromatic N) is 2. The predicted octanol–water partition coefficient (Wildman–Crippen LogP) is 0.206. The predicted molar refractivity (Wildman–Crippen MR) is 58.9 cm³/mol. The number of aromatic hydroxyl groups is 1. The molecule has 1 aliphatic heterocycles. The van der Waals surface area contributed by atoms with Gasteiger partial charge >= 0.3 is 0 Å². The number of amides is 1. The quantitative estimate of drug-likeness (QED) is 0.710. The molecule has 2 atom stereocenters. The molecular weight excluding hydrogens is 206 g/mol. The van der Waals surface area contributed by atoms with E-state index in [1.165, 1.54) is 18.5 Å². The van der Waals surface area contributed by atoms with E-state index in [1.807, 2.05) is 6.92 Å². The Labute approximate surface area is 93.9 Å². The maximum absolute atomic E-state index is 12.0. The fraction of sp³-hybridized carbons (Fsp3) is 0.455. The number of rotatable bonds is 1. The summed E-state index contributed by atoms with van der Waals surface area (Å²) in [6, 6.07) is 1.54. The molecule has 0 aromatic carbocycles. The second kappa shape index (κ2) is 4.09. The van der Waals surface area contributed by atoms with E-state index in [4.69, 9.17) is 5.73 Å². The lowest BCUT2D eigenvalue weighted by Gasteiger charge is -2.16. The lowest BCUT2D eigenvalue weighted by molar-refractivity contribution is 0.0783. The summed E-state index contributed by atoms with van der Waals surface area (Å²) in [6.07, 6.45) is 2.76. The highest BCUT2D eigenvalue weighted by atomic mass is 16.3. The largest absolute Gasteiger partial charge is 0.505 e. The van der Waals surface area contributed by atoms with E-state index in [1.54, 1.807) is 4.90 Å². The van der Waals surface area contributed by atoms with Crippen LogP contribution in [0.3, 0.4) is 0 Å². The molecule has 1 aliphatic rings. The average Bonchev–Trinajstić information content (AvgIpc) is 2.59. The van der Waals surface area contributed by atoms with Gasteiger partial charge in [-0.2, -0.15) is 0 Å². The van der Waals surface area contributed by atoms with E-state index in [0.29, 0.717) is 19.0 Å². The minimum atomic E-state index is -0.181. The third-order valence-corrected chi connectivity index (χ3v) is 2.99. The Morgan fingerprint density at radius 1 is 1.62 bits per heavy atom. The lowest BCUT2D eigenvalue weighted by Crippen LogP contribution is -2.32. The van der Waals surface area contributed by atoms with E-state index in [9.17, 15) is 9.90 Å². The first-order valence-corrected chi connectivity index (χ1v) is 5.27. The Bertz CT molecular complexity index is 398. The van der Waals surface area contributed by atoms with Gasteiger partial charge in [0.2, 0.25) is 0 Å². The monoisotopic (exact) mass is 221 g/mol. The van der Waals surface area contributed by atoms with Crippen LogP contribution in [-0.2, 0) is 0 Å². The first-order chi connectivity index (χ1) is 7.59. The van der Waals surface area contributed by atoms with E-state index < -0.39 is 0 Å². The van der Waals surface area contributed by atoms with Crippen molar-refractivity contribution in [2.75, 3.05) is 13.1 Å². The molecule has 0 aliphatic carbocycles. The van der Waals surface area contributed by atoms with Crippen molar-refractivity contribution in [1.82, 2.24) is 9.88 Å². The van der Waals surface area contributed by atoms with Gasteiger partial charge in [0.25, 0.3) is 5.91 Å². The number of carbonyl (C=O) groups is 1.